The average Bonchev–Trinajstić information content (AvgIpc) is 2.98. The highest BCUT2D eigenvalue weighted by Gasteiger charge is 2.18. The molecule has 1 aromatic heterocycles. The van der Waals surface area contributed by atoms with Crippen molar-refractivity contribution in [3.8, 4) is 22.5 Å². The summed E-state index contributed by atoms with van der Waals surface area (Å²) in [5, 5.41) is 4.41. The molecule has 0 spiro atoms. The van der Waals surface area contributed by atoms with Crippen LogP contribution in [0.2, 0.25) is 0 Å². The van der Waals surface area contributed by atoms with Crippen molar-refractivity contribution in [1.29, 1.82) is 0 Å². The van der Waals surface area contributed by atoms with Crippen molar-refractivity contribution in [2.45, 2.75) is 27.2 Å². The van der Waals surface area contributed by atoms with Crippen LogP contribution >= 0.6 is 0 Å². The fraction of sp³-hybridized carbons (Fsp3) is 0.190. The molecule has 0 saturated carbocycles. The maximum absolute atomic E-state index is 11.5. The van der Waals surface area contributed by atoms with Crippen LogP contribution in [-0.4, -0.2) is 21.3 Å². The molecule has 2 N–H and O–H groups in total. The van der Waals surface area contributed by atoms with Crippen LogP contribution in [0.3, 0.4) is 0 Å². The molecule has 0 atom stereocenters. The van der Waals surface area contributed by atoms with Crippen molar-refractivity contribution in [2.24, 2.45) is 10.8 Å². The number of nitrogens with two attached hydrogens (primary N) is 1. The maximum atomic E-state index is 11.5. The van der Waals surface area contributed by atoms with Crippen molar-refractivity contribution in [1.82, 2.24) is 9.66 Å². The minimum absolute atomic E-state index is 0.232. The Balaban J connectivity index is 2.24. The molecule has 1 amide bonds. The Morgan fingerprint density at radius 3 is 2.31 bits per heavy atom. The smallest absolute Gasteiger partial charge is 0.264 e. The summed E-state index contributed by atoms with van der Waals surface area (Å²) in [5.74, 6) is 0.144. The molecular weight excluding hydrogens is 324 g/mol. The molecule has 0 aliphatic heterocycles. The van der Waals surface area contributed by atoms with E-state index in [-0.39, 0.29) is 5.71 Å². The van der Waals surface area contributed by atoms with Gasteiger partial charge in [-0.05, 0) is 25.8 Å². The summed E-state index contributed by atoms with van der Waals surface area (Å²) in [6.07, 6.45) is 0.987. The van der Waals surface area contributed by atoms with Gasteiger partial charge in [-0.3, -0.25) is 4.79 Å². The van der Waals surface area contributed by atoms with Crippen molar-refractivity contribution in [2.75, 3.05) is 0 Å². The maximum Gasteiger partial charge on any atom is 0.264 e. The zero-order chi connectivity index (χ0) is 18.7. The zero-order valence-electron chi connectivity index (χ0n) is 15.2. The molecule has 0 aliphatic carbocycles. The van der Waals surface area contributed by atoms with Crippen LogP contribution in [0.4, 0.5) is 0 Å². The number of benzene rings is 2. The minimum Gasteiger partial charge on any atom is -0.365 e. The molecule has 0 bridgehead atoms. The highest BCUT2D eigenvalue weighted by atomic mass is 16.1. The van der Waals surface area contributed by atoms with Crippen LogP contribution in [0.15, 0.2) is 59.7 Å². The number of carbonyl (C=O) groups excluding carboxylic acids is 1. The monoisotopic (exact) mass is 346 g/mol. The van der Waals surface area contributed by atoms with Gasteiger partial charge in [-0.2, -0.15) is 5.10 Å². The molecule has 0 radical (unpaired) electrons. The van der Waals surface area contributed by atoms with Crippen LogP contribution in [0.1, 0.15) is 25.2 Å². The van der Waals surface area contributed by atoms with Gasteiger partial charge in [-0.15, -0.1) is 0 Å². The number of nitrogens with zero attached hydrogens (tertiary/aromatic N) is 3. The molecule has 1 heterocycles. The third-order valence-corrected chi connectivity index (χ3v) is 4.31. The lowest BCUT2D eigenvalue weighted by Gasteiger charge is -2.08. The van der Waals surface area contributed by atoms with E-state index in [0.717, 1.165) is 28.9 Å². The van der Waals surface area contributed by atoms with Gasteiger partial charge >= 0.3 is 0 Å². The standard InChI is InChI=1S/C21H22N4O/c1-4-16-10-12-17(13-11-16)19-20(18-8-6-5-7-9-18)25(15(3)23-19)24-14(2)21(22)26/h5-13H,4H2,1-3H3,(H2,22,26)/b24-14+. The molecule has 0 fully saturated rings. The Bertz CT molecular complexity index is 954. The summed E-state index contributed by atoms with van der Waals surface area (Å²) in [7, 11) is 0. The van der Waals surface area contributed by atoms with E-state index in [1.165, 1.54) is 5.56 Å². The zero-order valence-corrected chi connectivity index (χ0v) is 15.2. The first kappa shape index (κ1) is 17.6. The van der Waals surface area contributed by atoms with E-state index in [1.807, 2.05) is 37.3 Å². The number of hydrogen-bond acceptors (Lipinski definition) is 3. The van der Waals surface area contributed by atoms with Crippen LogP contribution in [0.5, 0.6) is 0 Å². The Hall–Kier alpha value is -3.21. The van der Waals surface area contributed by atoms with Gasteiger partial charge in [0.2, 0.25) is 0 Å². The number of aryl methyl sites for hydroxylation is 2. The SMILES string of the molecule is CCc1ccc(-c2nc(C)n(/N=C(\C)C(N)=O)c2-c2ccccc2)cc1. The lowest BCUT2D eigenvalue weighted by atomic mass is 10.0. The first-order chi connectivity index (χ1) is 12.5. The van der Waals surface area contributed by atoms with E-state index >= 15 is 0 Å². The number of carbonyl (C=O) groups is 1. The Morgan fingerprint density at radius 1 is 1.08 bits per heavy atom. The highest BCUT2D eigenvalue weighted by molar-refractivity contribution is 6.37. The topological polar surface area (TPSA) is 73.3 Å². The molecule has 0 unspecified atom stereocenters. The van der Waals surface area contributed by atoms with Crippen LogP contribution in [-0.2, 0) is 11.2 Å². The number of aromatic nitrogens is 2. The summed E-state index contributed by atoms with van der Waals surface area (Å²) in [4.78, 5) is 16.2. The van der Waals surface area contributed by atoms with Crippen molar-refractivity contribution >= 4 is 11.6 Å². The van der Waals surface area contributed by atoms with Crippen LogP contribution in [0.25, 0.3) is 22.5 Å². The fourth-order valence-electron chi connectivity index (χ4n) is 2.80. The van der Waals surface area contributed by atoms with Gasteiger partial charge in [-0.1, -0.05) is 61.5 Å². The number of hydrogen-bond donors (Lipinski definition) is 1. The van der Waals surface area contributed by atoms with Gasteiger partial charge in [0.25, 0.3) is 5.91 Å². The van der Waals surface area contributed by atoms with E-state index in [0.29, 0.717) is 5.82 Å². The summed E-state index contributed by atoms with van der Waals surface area (Å²) in [5.41, 5.74) is 10.5. The largest absolute Gasteiger partial charge is 0.365 e. The normalized spacial score (nSPS) is 11.6. The molecule has 0 saturated heterocycles. The molecule has 5 nitrogen and oxygen atoms in total. The predicted molar refractivity (Wildman–Crippen MR) is 105 cm³/mol. The minimum atomic E-state index is -0.550. The number of amides is 1. The van der Waals surface area contributed by atoms with Crippen molar-refractivity contribution < 1.29 is 4.79 Å². The molecule has 26 heavy (non-hydrogen) atoms. The first-order valence-corrected chi connectivity index (χ1v) is 8.60. The van der Waals surface area contributed by atoms with Gasteiger partial charge in [0.15, 0.2) is 0 Å². The quantitative estimate of drug-likeness (QED) is 0.714. The molecule has 132 valence electrons. The second-order valence-corrected chi connectivity index (χ2v) is 6.13. The number of rotatable bonds is 5. The average molecular weight is 346 g/mol. The summed E-state index contributed by atoms with van der Waals surface area (Å²) in [6.45, 7) is 5.60. The molecule has 5 heteroatoms. The lowest BCUT2D eigenvalue weighted by Crippen LogP contribution is -2.21. The number of primary amides is 1. The van der Waals surface area contributed by atoms with E-state index in [4.69, 9.17) is 10.7 Å². The van der Waals surface area contributed by atoms with Gasteiger partial charge in [0.05, 0.1) is 5.69 Å². The summed E-state index contributed by atoms with van der Waals surface area (Å²) >= 11 is 0. The third-order valence-electron chi connectivity index (χ3n) is 4.31. The molecular formula is C21H22N4O. The summed E-state index contributed by atoms with van der Waals surface area (Å²) < 4.78 is 1.69. The Morgan fingerprint density at radius 2 is 1.73 bits per heavy atom. The van der Waals surface area contributed by atoms with Gasteiger partial charge < -0.3 is 5.73 Å². The van der Waals surface area contributed by atoms with Crippen LogP contribution < -0.4 is 5.73 Å². The molecule has 2 aromatic carbocycles. The first-order valence-electron chi connectivity index (χ1n) is 8.60. The van der Waals surface area contributed by atoms with Gasteiger partial charge in [-0.25, -0.2) is 9.66 Å². The number of imidazole rings is 1. The summed E-state index contributed by atoms with van der Waals surface area (Å²) in [6, 6.07) is 18.3. The van der Waals surface area contributed by atoms with E-state index in [2.05, 4.69) is 36.3 Å². The van der Waals surface area contributed by atoms with Crippen molar-refractivity contribution in [3.05, 3.63) is 66.0 Å². The van der Waals surface area contributed by atoms with Gasteiger partial charge in [0, 0.05) is 11.1 Å². The van der Waals surface area contributed by atoms with Gasteiger partial charge in [0.1, 0.15) is 17.2 Å². The Labute approximate surface area is 153 Å². The van der Waals surface area contributed by atoms with Crippen molar-refractivity contribution in [3.63, 3.8) is 0 Å². The van der Waals surface area contributed by atoms with Crippen LogP contribution in [0, 0.1) is 6.92 Å². The highest BCUT2D eigenvalue weighted by Crippen LogP contribution is 2.33. The third kappa shape index (κ3) is 3.42. The molecule has 3 aromatic rings. The second-order valence-electron chi connectivity index (χ2n) is 6.13. The van der Waals surface area contributed by atoms with E-state index < -0.39 is 5.91 Å². The fourth-order valence-corrected chi connectivity index (χ4v) is 2.80. The Kier molecular flexibility index (Phi) is 4.98. The second kappa shape index (κ2) is 7.35. The molecule has 0 aliphatic rings. The van der Waals surface area contributed by atoms with E-state index in [1.54, 1.807) is 11.6 Å². The predicted octanol–water partition coefficient (Wildman–Crippen LogP) is 3.80. The molecule has 3 rings (SSSR count). The van der Waals surface area contributed by atoms with E-state index in [9.17, 15) is 4.79 Å². The lowest BCUT2D eigenvalue weighted by molar-refractivity contribution is -0.112.